The van der Waals surface area contributed by atoms with E-state index >= 15 is 0 Å². The second kappa shape index (κ2) is 4.35. The Morgan fingerprint density at radius 2 is 2.06 bits per heavy atom. The van der Waals surface area contributed by atoms with E-state index in [1.165, 1.54) is 0 Å². The van der Waals surface area contributed by atoms with Gasteiger partial charge in [0.05, 0.1) is 0 Å². The summed E-state index contributed by atoms with van der Waals surface area (Å²) in [6, 6.07) is 5.99. The summed E-state index contributed by atoms with van der Waals surface area (Å²) in [5, 5.41) is 7.70. The molecule has 4 heteroatoms. The Morgan fingerprint density at radius 3 is 2.71 bits per heavy atom. The molecule has 2 rings (SSSR count). The number of rotatable bonds is 3. The minimum Gasteiger partial charge on any atom is -0.353 e. The van der Waals surface area contributed by atoms with E-state index in [0.717, 1.165) is 24.3 Å². The first-order valence-electron chi connectivity index (χ1n) is 6.02. The van der Waals surface area contributed by atoms with Crippen molar-refractivity contribution in [2.24, 2.45) is 5.41 Å². The molecule has 92 valence electrons. The summed E-state index contributed by atoms with van der Waals surface area (Å²) in [5.74, 6) is 0.712. The van der Waals surface area contributed by atoms with Gasteiger partial charge in [0, 0.05) is 12.2 Å². The third-order valence-corrected chi connectivity index (χ3v) is 2.71. The van der Waals surface area contributed by atoms with Crippen molar-refractivity contribution in [1.82, 2.24) is 14.6 Å². The van der Waals surface area contributed by atoms with Gasteiger partial charge in [-0.2, -0.15) is 4.98 Å². The van der Waals surface area contributed by atoms with Gasteiger partial charge in [0.2, 0.25) is 5.95 Å². The number of fused-ring (bicyclic) bond motifs is 1. The number of pyridine rings is 1. The molecular weight excluding hydrogens is 212 g/mol. The first-order chi connectivity index (χ1) is 7.96. The van der Waals surface area contributed by atoms with Crippen molar-refractivity contribution in [3.63, 3.8) is 0 Å². The van der Waals surface area contributed by atoms with Crippen LogP contribution in [0.5, 0.6) is 0 Å². The highest BCUT2D eigenvalue weighted by atomic mass is 15.3. The van der Waals surface area contributed by atoms with Gasteiger partial charge in [0.25, 0.3) is 0 Å². The molecule has 0 aliphatic carbocycles. The Balaban J connectivity index is 2.07. The maximum absolute atomic E-state index is 4.43. The Kier molecular flexibility index (Phi) is 3.05. The summed E-state index contributed by atoms with van der Waals surface area (Å²) in [5.41, 5.74) is 2.32. The van der Waals surface area contributed by atoms with E-state index < -0.39 is 0 Å². The number of nitrogens with one attached hydrogen (secondary N) is 1. The number of nitrogens with zero attached hydrogens (tertiary/aromatic N) is 3. The maximum atomic E-state index is 4.43. The van der Waals surface area contributed by atoms with E-state index in [9.17, 15) is 0 Å². The molecule has 0 saturated heterocycles. The van der Waals surface area contributed by atoms with Crippen molar-refractivity contribution < 1.29 is 0 Å². The van der Waals surface area contributed by atoms with Crippen molar-refractivity contribution >= 4 is 11.6 Å². The van der Waals surface area contributed by atoms with E-state index in [1.54, 1.807) is 0 Å². The van der Waals surface area contributed by atoms with E-state index in [1.807, 2.05) is 29.6 Å². The van der Waals surface area contributed by atoms with Gasteiger partial charge in [-0.1, -0.05) is 26.8 Å². The molecule has 17 heavy (non-hydrogen) atoms. The van der Waals surface area contributed by atoms with Crippen LogP contribution in [0.25, 0.3) is 5.65 Å². The molecule has 0 aliphatic rings. The minimum absolute atomic E-state index is 0.335. The lowest BCUT2D eigenvalue weighted by molar-refractivity contribution is 0.389. The smallest absolute Gasteiger partial charge is 0.243 e. The molecule has 0 bridgehead atoms. The lowest BCUT2D eigenvalue weighted by Gasteiger charge is -2.17. The molecule has 0 radical (unpaired) electrons. The number of anilines is 1. The number of hydrogen-bond donors (Lipinski definition) is 1. The molecule has 0 aliphatic heterocycles. The highest BCUT2D eigenvalue weighted by Gasteiger charge is 2.10. The van der Waals surface area contributed by atoms with Gasteiger partial charge in [0.1, 0.15) is 0 Å². The third kappa shape index (κ3) is 2.96. The van der Waals surface area contributed by atoms with Gasteiger partial charge in [-0.25, -0.2) is 4.52 Å². The minimum atomic E-state index is 0.335. The van der Waals surface area contributed by atoms with E-state index in [-0.39, 0.29) is 0 Å². The zero-order chi connectivity index (χ0) is 12.5. The summed E-state index contributed by atoms with van der Waals surface area (Å²) in [7, 11) is 0. The molecule has 0 spiro atoms. The van der Waals surface area contributed by atoms with Gasteiger partial charge >= 0.3 is 0 Å². The molecule has 4 nitrogen and oxygen atoms in total. The van der Waals surface area contributed by atoms with Crippen molar-refractivity contribution in [3.05, 3.63) is 23.9 Å². The van der Waals surface area contributed by atoms with Crippen molar-refractivity contribution in [1.29, 1.82) is 0 Å². The predicted molar refractivity (Wildman–Crippen MR) is 70.3 cm³/mol. The largest absolute Gasteiger partial charge is 0.353 e. The third-order valence-electron chi connectivity index (χ3n) is 2.71. The molecule has 2 heterocycles. The van der Waals surface area contributed by atoms with Crippen molar-refractivity contribution in [3.8, 4) is 0 Å². The molecular formula is C13H20N4. The molecule has 0 aromatic carbocycles. The summed E-state index contributed by atoms with van der Waals surface area (Å²) >= 11 is 0. The summed E-state index contributed by atoms with van der Waals surface area (Å²) < 4.78 is 1.86. The van der Waals surface area contributed by atoms with Crippen LogP contribution in [0, 0.1) is 12.3 Å². The van der Waals surface area contributed by atoms with Crippen LogP contribution in [0.3, 0.4) is 0 Å². The Labute approximate surface area is 102 Å². The topological polar surface area (TPSA) is 42.2 Å². The first-order valence-corrected chi connectivity index (χ1v) is 6.02. The van der Waals surface area contributed by atoms with Crippen LogP contribution in [0.4, 0.5) is 5.95 Å². The van der Waals surface area contributed by atoms with Crippen LogP contribution in [-0.2, 0) is 0 Å². The standard InChI is InChI=1S/C13H20N4/c1-10-6-5-7-11-15-12(16-17(10)11)14-9-8-13(2,3)4/h5-7H,8-9H2,1-4H3,(H,14,16). The average molecular weight is 232 g/mol. The first kappa shape index (κ1) is 11.9. The van der Waals surface area contributed by atoms with Gasteiger partial charge < -0.3 is 5.32 Å². The highest BCUT2D eigenvalue weighted by Crippen LogP contribution is 2.18. The number of aryl methyl sites for hydroxylation is 1. The van der Waals surface area contributed by atoms with Crippen LogP contribution < -0.4 is 5.32 Å². The summed E-state index contributed by atoms with van der Waals surface area (Å²) in [6.07, 6.45) is 1.10. The molecule has 0 amide bonds. The highest BCUT2D eigenvalue weighted by molar-refractivity contribution is 5.44. The van der Waals surface area contributed by atoms with Gasteiger partial charge in [0.15, 0.2) is 5.65 Å². The SMILES string of the molecule is Cc1cccc2nc(NCCC(C)(C)C)nn12. The molecule has 0 fully saturated rings. The van der Waals surface area contributed by atoms with Crippen LogP contribution in [-0.4, -0.2) is 21.1 Å². The predicted octanol–water partition coefficient (Wildman–Crippen LogP) is 2.89. The Morgan fingerprint density at radius 1 is 1.29 bits per heavy atom. The lowest BCUT2D eigenvalue weighted by Crippen LogP contribution is -2.13. The monoisotopic (exact) mass is 232 g/mol. The fourth-order valence-electron chi connectivity index (χ4n) is 1.66. The lowest BCUT2D eigenvalue weighted by atomic mass is 9.92. The van der Waals surface area contributed by atoms with Gasteiger partial charge in [-0.3, -0.25) is 0 Å². The molecule has 2 aromatic heterocycles. The van der Waals surface area contributed by atoms with E-state index in [4.69, 9.17) is 0 Å². The summed E-state index contributed by atoms with van der Waals surface area (Å²) in [6.45, 7) is 9.63. The zero-order valence-corrected chi connectivity index (χ0v) is 11.0. The molecule has 0 unspecified atom stereocenters. The van der Waals surface area contributed by atoms with Gasteiger partial charge in [-0.05, 0) is 30.9 Å². The normalized spacial score (nSPS) is 12.0. The molecule has 1 N–H and O–H groups in total. The summed E-state index contributed by atoms with van der Waals surface area (Å²) in [4.78, 5) is 4.43. The maximum Gasteiger partial charge on any atom is 0.243 e. The average Bonchev–Trinajstić information content (AvgIpc) is 2.60. The molecule has 0 atom stereocenters. The number of aromatic nitrogens is 3. The Bertz CT molecular complexity index is 508. The Hall–Kier alpha value is -1.58. The number of hydrogen-bond acceptors (Lipinski definition) is 3. The fraction of sp³-hybridized carbons (Fsp3) is 0.538. The second-order valence-corrected chi connectivity index (χ2v) is 5.61. The molecule has 0 saturated carbocycles. The fourth-order valence-corrected chi connectivity index (χ4v) is 1.66. The van der Waals surface area contributed by atoms with Crippen LogP contribution >= 0.6 is 0 Å². The van der Waals surface area contributed by atoms with Gasteiger partial charge in [-0.15, -0.1) is 5.10 Å². The van der Waals surface area contributed by atoms with E-state index in [2.05, 4.69) is 36.2 Å². The molecule has 2 aromatic rings. The second-order valence-electron chi connectivity index (χ2n) is 5.61. The van der Waals surface area contributed by atoms with Crippen molar-refractivity contribution in [2.75, 3.05) is 11.9 Å². The van der Waals surface area contributed by atoms with Crippen LogP contribution in [0.1, 0.15) is 32.9 Å². The zero-order valence-electron chi connectivity index (χ0n) is 11.0. The van der Waals surface area contributed by atoms with Crippen LogP contribution in [0.2, 0.25) is 0 Å². The van der Waals surface area contributed by atoms with Crippen LogP contribution in [0.15, 0.2) is 18.2 Å². The quantitative estimate of drug-likeness (QED) is 0.884. The van der Waals surface area contributed by atoms with E-state index in [0.29, 0.717) is 11.4 Å². The van der Waals surface area contributed by atoms with Crippen molar-refractivity contribution in [2.45, 2.75) is 34.1 Å².